The van der Waals surface area contributed by atoms with Crippen molar-refractivity contribution in [1.29, 1.82) is 0 Å². The molecule has 3 nitrogen and oxygen atoms in total. The zero-order valence-corrected chi connectivity index (χ0v) is 12.9. The third-order valence-electron chi connectivity index (χ3n) is 4.70. The third kappa shape index (κ3) is 5.31. The molecule has 0 aromatic heterocycles. The zero-order chi connectivity index (χ0) is 13.0. The molecule has 0 heterocycles. The van der Waals surface area contributed by atoms with Crippen LogP contribution in [0.1, 0.15) is 58.3 Å². The van der Waals surface area contributed by atoms with Gasteiger partial charge in [-0.25, -0.2) is 0 Å². The molecule has 2 saturated carbocycles. The van der Waals surface area contributed by atoms with E-state index in [1.807, 2.05) is 0 Å². The van der Waals surface area contributed by atoms with E-state index >= 15 is 0 Å². The highest BCUT2D eigenvalue weighted by molar-refractivity contribution is 5.85. The van der Waals surface area contributed by atoms with E-state index in [-0.39, 0.29) is 30.3 Å². The molecule has 2 atom stereocenters. The Morgan fingerprint density at radius 2 is 1.89 bits per heavy atom. The minimum Gasteiger partial charge on any atom is -0.354 e. The highest BCUT2D eigenvalue weighted by Crippen LogP contribution is 2.32. The summed E-state index contributed by atoms with van der Waals surface area (Å²) in [5.74, 6) is 1.90. The van der Waals surface area contributed by atoms with Crippen LogP contribution in [0.3, 0.4) is 0 Å². The summed E-state index contributed by atoms with van der Waals surface area (Å²) in [5.41, 5.74) is 6.02. The molecule has 0 spiro atoms. The first-order valence-electron chi connectivity index (χ1n) is 7.74. The zero-order valence-electron chi connectivity index (χ0n) is 12.1. The van der Waals surface area contributed by atoms with Crippen LogP contribution in [0.25, 0.3) is 0 Å². The average Bonchev–Trinajstić information content (AvgIpc) is 3.11. The maximum absolute atomic E-state index is 12.1. The number of amides is 1. The smallest absolute Gasteiger partial charge is 0.223 e. The van der Waals surface area contributed by atoms with Gasteiger partial charge < -0.3 is 11.1 Å². The molecule has 0 radical (unpaired) electrons. The summed E-state index contributed by atoms with van der Waals surface area (Å²) in [6.45, 7) is 2.80. The molecule has 2 aliphatic carbocycles. The van der Waals surface area contributed by atoms with Gasteiger partial charge in [-0.1, -0.05) is 32.6 Å². The summed E-state index contributed by atoms with van der Waals surface area (Å²) < 4.78 is 0. The van der Waals surface area contributed by atoms with Crippen LogP contribution in [0.15, 0.2) is 0 Å². The van der Waals surface area contributed by atoms with Gasteiger partial charge in [-0.05, 0) is 37.5 Å². The number of hydrogen-bond donors (Lipinski definition) is 2. The molecule has 0 aromatic rings. The monoisotopic (exact) mass is 288 g/mol. The summed E-state index contributed by atoms with van der Waals surface area (Å²) in [7, 11) is 0. The summed E-state index contributed by atoms with van der Waals surface area (Å²) in [5, 5.41) is 3.06. The van der Waals surface area contributed by atoms with Gasteiger partial charge in [0, 0.05) is 18.5 Å². The van der Waals surface area contributed by atoms with E-state index < -0.39 is 0 Å². The molecule has 2 rings (SSSR count). The Morgan fingerprint density at radius 1 is 1.26 bits per heavy atom. The highest BCUT2D eigenvalue weighted by atomic mass is 35.5. The largest absolute Gasteiger partial charge is 0.354 e. The molecule has 2 aliphatic rings. The van der Waals surface area contributed by atoms with Crippen molar-refractivity contribution < 1.29 is 4.79 Å². The normalized spacial score (nSPS) is 22.6. The van der Waals surface area contributed by atoms with Gasteiger partial charge >= 0.3 is 0 Å². The SMILES string of the molecule is CCC(CC1CCCC1)C(=O)NCC(N)C1CC1.Cl. The number of carbonyl (C=O) groups is 1. The van der Waals surface area contributed by atoms with Crippen LogP contribution < -0.4 is 11.1 Å². The van der Waals surface area contributed by atoms with E-state index in [0.29, 0.717) is 12.5 Å². The van der Waals surface area contributed by atoms with Crippen LogP contribution >= 0.6 is 12.4 Å². The van der Waals surface area contributed by atoms with Crippen molar-refractivity contribution in [3.63, 3.8) is 0 Å². The van der Waals surface area contributed by atoms with Crippen LogP contribution in [0.2, 0.25) is 0 Å². The fourth-order valence-electron chi connectivity index (χ4n) is 3.16. The molecule has 0 aromatic carbocycles. The second-order valence-corrected chi connectivity index (χ2v) is 6.24. The number of halogens is 1. The van der Waals surface area contributed by atoms with Crippen molar-refractivity contribution in [2.24, 2.45) is 23.5 Å². The minimum absolute atomic E-state index is 0. The second kappa shape index (κ2) is 8.11. The molecule has 112 valence electrons. The molecule has 0 bridgehead atoms. The lowest BCUT2D eigenvalue weighted by molar-refractivity contribution is -0.125. The van der Waals surface area contributed by atoms with E-state index in [4.69, 9.17) is 5.73 Å². The standard InChI is InChI=1S/C15H28N2O.ClH/c1-2-12(9-11-5-3-4-6-11)15(18)17-10-14(16)13-7-8-13;/h11-14H,2-10,16H2,1H3,(H,17,18);1H. The second-order valence-electron chi connectivity index (χ2n) is 6.24. The lowest BCUT2D eigenvalue weighted by Crippen LogP contribution is -2.41. The Kier molecular flexibility index (Phi) is 7.16. The predicted molar refractivity (Wildman–Crippen MR) is 81.3 cm³/mol. The van der Waals surface area contributed by atoms with Gasteiger partial charge in [-0.2, -0.15) is 0 Å². The summed E-state index contributed by atoms with van der Waals surface area (Å²) >= 11 is 0. The van der Waals surface area contributed by atoms with E-state index in [2.05, 4.69) is 12.2 Å². The van der Waals surface area contributed by atoms with E-state index in [1.54, 1.807) is 0 Å². The fourth-order valence-corrected chi connectivity index (χ4v) is 3.16. The van der Waals surface area contributed by atoms with E-state index in [0.717, 1.165) is 18.8 Å². The molecule has 2 unspecified atom stereocenters. The first-order valence-corrected chi connectivity index (χ1v) is 7.74. The first kappa shape index (κ1) is 16.8. The summed E-state index contributed by atoms with van der Waals surface area (Å²) in [4.78, 5) is 12.1. The van der Waals surface area contributed by atoms with Gasteiger partial charge in [0.15, 0.2) is 0 Å². The molecule has 0 saturated heterocycles. The Morgan fingerprint density at radius 3 is 2.42 bits per heavy atom. The maximum atomic E-state index is 12.1. The highest BCUT2D eigenvalue weighted by Gasteiger charge is 2.29. The van der Waals surface area contributed by atoms with E-state index in [1.165, 1.54) is 38.5 Å². The molecular weight excluding hydrogens is 260 g/mol. The number of hydrogen-bond acceptors (Lipinski definition) is 2. The van der Waals surface area contributed by atoms with Gasteiger partial charge in [0.05, 0.1) is 0 Å². The van der Waals surface area contributed by atoms with Crippen LogP contribution in [0.5, 0.6) is 0 Å². The summed E-state index contributed by atoms with van der Waals surface area (Å²) in [6, 6.07) is 0.179. The van der Waals surface area contributed by atoms with Crippen molar-refractivity contribution in [1.82, 2.24) is 5.32 Å². The fraction of sp³-hybridized carbons (Fsp3) is 0.933. The Bertz CT molecular complexity index is 275. The Hall–Kier alpha value is -0.280. The number of nitrogens with two attached hydrogens (primary N) is 1. The number of carbonyl (C=O) groups excluding carboxylic acids is 1. The molecule has 2 fully saturated rings. The van der Waals surface area contributed by atoms with Gasteiger partial charge in [0.25, 0.3) is 0 Å². The molecule has 1 amide bonds. The van der Waals surface area contributed by atoms with E-state index in [9.17, 15) is 4.79 Å². The quantitative estimate of drug-likeness (QED) is 0.757. The molecular formula is C15H29ClN2O. The Labute approximate surface area is 123 Å². The van der Waals surface area contributed by atoms with Gasteiger partial charge in [-0.15, -0.1) is 12.4 Å². The van der Waals surface area contributed by atoms with Gasteiger partial charge in [0.1, 0.15) is 0 Å². The molecule has 4 heteroatoms. The van der Waals surface area contributed by atoms with Crippen molar-refractivity contribution in [2.75, 3.05) is 6.54 Å². The van der Waals surface area contributed by atoms with Crippen molar-refractivity contribution in [3.05, 3.63) is 0 Å². The van der Waals surface area contributed by atoms with Crippen molar-refractivity contribution >= 4 is 18.3 Å². The average molecular weight is 289 g/mol. The number of rotatable bonds is 7. The third-order valence-corrected chi connectivity index (χ3v) is 4.70. The topological polar surface area (TPSA) is 55.1 Å². The van der Waals surface area contributed by atoms with Crippen LogP contribution in [-0.2, 0) is 4.79 Å². The van der Waals surface area contributed by atoms with Crippen molar-refractivity contribution in [3.8, 4) is 0 Å². The minimum atomic E-state index is 0. The van der Waals surface area contributed by atoms with Crippen LogP contribution in [-0.4, -0.2) is 18.5 Å². The maximum Gasteiger partial charge on any atom is 0.223 e. The number of nitrogens with one attached hydrogen (secondary N) is 1. The lowest BCUT2D eigenvalue weighted by atomic mass is 9.91. The van der Waals surface area contributed by atoms with Gasteiger partial charge in [-0.3, -0.25) is 4.79 Å². The first-order chi connectivity index (χ1) is 8.70. The van der Waals surface area contributed by atoms with Crippen LogP contribution in [0, 0.1) is 17.8 Å². The molecule has 3 N–H and O–H groups in total. The van der Waals surface area contributed by atoms with Crippen LogP contribution in [0.4, 0.5) is 0 Å². The molecule has 0 aliphatic heterocycles. The lowest BCUT2D eigenvalue weighted by Gasteiger charge is -2.20. The van der Waals surface area contributed by atoms with Gasteiger partial charge in [0.2, 0.25) is 5.91 Å². The molecule has 19 heavy (non-hydrogen) atoms. The Balaban J connectivity index is 0.00000180. The summed E-state index contributed by atoms with van der Waals surface area (Å²) in [6.07, 6.45) is 9.90. The van der Waals surface area contributed by atoms with Crippen molar-refractivity contribution in [2.45, 2.75) is 64.3 Å². The predicted octanol–water partition coefficient (Wildman–Crippen LogP) is 2.87.